The van der Waals surface area contributed by atoms with Gasteiger partial charge in [-0.1, -0.05) is 11.8 Å². The lowest BCUT2D eigenvalue weighted by molar-refractivity contribution is 0.344. The van der Waals surface area contributed by atoms with Crippen molar-refractivity contribution in [2.45, 2.75) is 11.3 Å². The number of nitrogens with two attached hydrogens (primary N) is 1. The molecule has 0 radical (unpaired) electrons. The van der Waals surface area contributed by atoms with Gasteiger partial charge in [-0.2, -0.15) is 4.37 Å². The van der Waals surface area contributed by atoms with Crippen LogP contribution in [0.4, 0.5) is 0 Å². The fourth-order valence-corrected chi connectivity index (χ4v) is 2.89. The van der Waals surface area contributed by atoms with Crippen molar-refractivity contribution in [2.75, 3.05) is 12.4 Å². The van der Waals surface area contributed by atoms with Crippen LogP contribution in [-0.4, -0.2) is 27.6 Å². The molecule has 0 spiro atoms. The maximum absolute atomic E-state index is 7.29. The Labute approximate surface area is 119 Å². The van der Waals surface area contributed by atoms with E-state index < -0.39 is 0 Å². The van der Waals surface area contributed by atoms with Crippen LogP contribution in [0.2, 0.25) is 0 Å². The van der Waals surface area contributed by atoms with Gasteiger partial charge >= 0.3 is 0 Å². The molecular formula is C12H14N4OS2. The van der Waals surface area contributed by atoms with Crippen molar-refractivity contribution < 1.29 is 4.74 Å². The molecular weight excluding hydrogens is 280 g/mol. The van der Waals surface area contributed by atoms with Crippen LogP contribution in [0.1, 0.15) is 11.4 Å². The maximum Gasteiger partial charge on any atom is 0.170 e. The van der Waals surface area contributed by atoms with Crippen molar-refractivity contribution in [3.63, 3.8) is 0 Å². The van der Waals surface area contributed by atoms with Crippen LogP contribution in [0, 0.1) is 12.3 Å². The standard InChI is InChI=1S/C12H14N4OS2/c1-8-15-12(19-16-8)18-7-6-17-10-4-2-9(3-5-10)11(13)14/h2-5H,6-7H2,1H3,(H3,13,14). The van der Waals surface area contributed by atoms with Gasteiger partial charge in [-0.3, -0.25) is 5.41 Å². The Hall–Kier alpha value is -1.60. The molecule has 0 aliphatic carbocycles. The van der Waals surface area contributed by atoms with E-state index in [1.807, 2.05) is 19.1 Å². The van der Waals surface area contributed by atoms with Gasteiger partial charge in [0, 0.05) is 11.3 Å². The van der Waals surface area contributed by atoms with Gasteiger partial charge in [0.15, 0.2) is 4.34 Å². The molecule has 19 heavy (non-hydrogen) atoms. The number of thioether (sulfide) groups is 1. The fourth-order valence-electron chi connectivity index (χ4n) is 1.36. The zero-order valence-corrected chi connectivity index (χ0v) is 12.1. The van der Waals surface area contributed by atoms with Gasteiger partial charge in [-0.25, -0.2) is 4.98 Å². The van der Waals surface area contributed by atoms with Crippen LogP contribution in [0.25, 0.3) is 0 Å². The van der Waals surface area contributed by atoms with Crippen LogP contribution in [0.3, 0.4) is 0 Å². The molecule has 0 unspecified atom stereocenters. The summed E-state index contributed by atoms with van der Waals surface area (Å²) in [4.78, 5) is 4.26. The van der Waals surface area contributed by atoms with Crippen LogP contribution < -0.4 is 10.5 Å². The molecule has 0 saturated heterocycles. The first-order valence-electron chi connectivity index (χ1n) is 5.65. The van der Waals surface area contributed by atoms with E-state index in [1.165, 1.54) is 11.5 Å². The molecule has 0 amide bonds. The number of nitrogens with zero attached hydrogens (tertiary/aromatic N) is 2. The first-order valence-corrected chi connectivity index (χ1v) is 7.41. The van der Waals surface area contributed by atoms with Gasteiger partial charge in [-0.15, -0.1) is 0 Å². The second-order valence-corrected chi connectivity index (χ2v) is 5.84. The van der Waals surface area contributed by atoms with Gasteiger partial charge in [0.1, 0.15) is 17.4 Å². The summed E-state index contributed by atoms with van der Waals surface area (Å²) in [6.07, 6.45) is 0. The molecule has 0 fully saturated rings. The largest absolute Gasteiger partial charge is 0.493 e. The van der Waals surface area contributed by atoms with E-state index >= 15 is 0 Å². The number of rotatable bonds is 6. The summed E-state index contributed by atoms with van der Waals surface area (Å²) in [6, 6.07) is 7.19. The predicted molar refractivity (Wildman–Crippen MR) is 78.3 cm³/mol. The molecule has 0 atom stereocenters. The maximum atomic E-state index is 7.29. The summed E-state index contributed by atoms with van der Waals surface area (Å²) in [5.41, 5.74) is 6.08. The van der Waals surface area contributed by atoms with E-state index in [0.717, 1.165) is 21.7 Å². The normalized spacial score (nSPS) is 10.4. The number of hydrogen-bond donors (Lipinski definition) is 2. The summed E-state index contributed by atoms with van der Waals surface area (Å²) in [7, 11) is 0. The molecule has 0 bridgehead atoms. The Balaban J connectivity index is 1.75. The lowest BCUT2D eigenvalue weighted by Crippen LogP contribution is -2.10. The smallest absolute Gasteiger partial charge is 0.170 e. The summed E-state index contributed by atoms with van der Waals surface area (Å²) in [6.45, 7) is 2.48. The molecule has 1 aromatic carbocycles. The lowest BCUT2D eigenvalue weighted by atomic mass is 10.2. The van der Waals surface area contributed by atoms with Crippen molar-refractivity contribution in [1.82, 2.24) is 9.36 Å². The van der Waals surface area contributed by atoms with Crippen LogP contribution >= 0.6 is 23.3 Å². The third-order valence-corrected chi connectivity index (χ3v) is 4.14. The monoisotopic (exact) mass is 294 g/mol. The number of aromatic nitrogens is 2. The molecule has 1 aromatic heterocycles. The van der Waals surface area contributed by atoms with Gasteiger partial charge in [0.25, 0.3) is 0 Å². The van der Waals surface area contributed by atoms with E-state index in [-0.39, 0.29) is 5.84 Å². The van der Waals surface area contributed by atoms with E-state index in [1.54, 1.807) is 23.9 Å². The minimum atomic E-state index is 0.0637. The van der Waals surface area contributed by atoms with Crippen LogP contribution in [0.5, 0.6) is 5.75 Å². The average molecular weight is 294 g/mol. The Morgan fingerprint density at radius 1 is 1.42 bits per heavy atom. The number of nitrogen functional groups attached to an aromatic ring is 1. The average Bonchev–Trinajstić information content (AvgIpc) is 2.81. The Morgan fingerprint density at radius 3 is 2.74 bits per heavy atom. The van der Waals surface area contributed by atoms with Crippen molar-refractivity contribution >= 4 is 29.1 Å². The van der Waals surface area contributed by atoms with Crippen molar-refractivity contribution in [3.05, 3.63) is 35.7 Å². The van der Waals surface area contributed by atoms with Crippen molar-refractivity contribution in [2.24, 2.45) is 5.73 Å². The Kier molecular flexibility index (Phi) is 4.75. The predicted octanol–water partition coefficient (Wildman–Crippen LogP) is 2.30. The molecule has 1 heterocycles. The minimum absolute atomic E-state index is 0.0637. The second kappa shape index (κ2) is 6.53. The van der Waals surface area contributed by atoms with E-state index in [4.69, 9.17) is 15.9 Å². The highest BCUT2D eigenvalue weighted by atomic mass is 32.2. The number of amidine groups is 1. The summed E-state index contributed by atoms with van der Waals surface area (Å²) >= 11 is 3.04. The van der Waals surface area contributed by atoms with Crippen LogP contribution in [-0.2, 0) is 0 Å². The van der Waals surface area contributed by atoms with Gasteiger partial charge < -0.3 is 10.5 Å². The SMILES string of the molecule is Cc1nsc(SCCOc2ccc(C(=N)N)cc2)n1. The molecule has 3 N–H and O–H groups in total. The quantitative estimate of drug-likeness (QED) is 0.369. The Morgan fingerprint density at radius 2 is 2.16 bits per heavy atom. The van der Waals surface area contributed by atoms with Crippen molar-refractivity contribution in [3.8, 4) is 5.75 Å². The number of nitrogens with one attached hydrogen (secondary N) is 1. The third-order valence-electron chi connectivity index (χ3n) is 2.25. The first-order chi connectivity index (χ1) is 9.15. The second-order valence-electron chi connectivity index (χ2n) is 3.74. The van der Waals surface area contributed by atoms with Gasteiger partial charge in [0.05, 0.1) is 6.61 Å². The highest BCUT2D eigenvalue weighted by Crippen LogP contribution is 2.20. The van der Waals surface area contributed by atoms with Crippen molar-refractivity contribution in [1.29, 1.82) is 5.41 Å². The highest BCUT2D eigenvalue weighted by molar-refractivity contribution is 8.00. The molecule has 100 valence electrons. The first kappa shape index (κ1) is 13.8. The molecule has 0 saturated carbocycles. The lowest BCUT2D eigenvalue weighted by Gasteiger charge is -2.05. The summed E-state index contributed by atoms with van der Waals surface area (Å²) in [5, 5.41) is 7.29. The molecule has 7 heteroatoms. The van der Waals surface area contributed by atoms with E-state index in [9.17, 15) is 0 Å². The number of aryl methyl sites for hydroxylation is 1. The van der Waals surface area contributed by atoms with E-state index in [2.05, 4.69) is 9.36 Å². The molecule has 0 aliphatic rings. The minimum Gasteiger partial charge on any atom is -0.493 e. The molecule has 5 nitrogen and oxygen atoms in total. The van der Waals surface area contributed by atoms with Gasteiger partial charge in [0.2, 0.25) is 0 Å². The Bertz CT molecular complexity index is 553. The van der Waals surface area contributed by atoms with Gasteiger partial charge in [-0.05, 0) is 42.7 Å². The van der Waals surface area contributed by atoms with Crippen LogP contribution in [0.15, 0.2) is 28.6 Å². The molecule has 0 aliphatic heterocycles. The van der Waals surface area contributed by atoms with E-state index in [0.29, 0.717) is 12.2 Å². The zero-order chi connectivity index (χ0) is 13.7. The highest BCUT2D eigenvalue weighted by Gasteiger charge is 2.01. The summed E-state index contributed by atoms with van der Waals surface area (Å²) in [5.74, 6) is 2.48. The summed E-state index contributed by atoms with van der Waals surface area (Å²) < 4.78 is 10.7. The molecule has 2 aromatic rings. The number of hydrogen-bond acceptors (Lipinski definition) is 6. The third kappa shape index (κ3) is 4.22. The fraction of sp³-hybridized carbons (Fsp3) is 0.250. The number of ether oxygens (including phenoxy) is 1. The molecule has 2 rings (SSSR count). The zero-order valence-electron chi connectivity index (χ0n) is 10.4. The number of benzene rings is 1. The topological polar surface area (TPSA) is 84.9 Å².